The second-order valence-electron chi connectivity index (χ2n) is 5.50. The number of nitrogens with two attached hydrogens (primary N) is 1. The van der Waals surface area contributed by atoms with Gasteiger partial charge in [0.25, 0.3) is 0 Å². The van der Waals surface area contributed by atoms with Crippen molar-refractivity contribution < 1.29 is 0 Å². The normalized spacial score (nSPS) is 11.0. The Hall–Kier alpha value is -1.64. The molecule has 0 aliphatic carbocycles. The fourth-order valence-electron chi connectivity index (χ4n) is 2.36. The molecular formula is C18H24N2. The highest BCUT2D eigenvalue weighted by Gasteiger charge is 2.02. The minimum Gasteiger partial charge on any atom is -0.326 e. The van der Waals surface area contributed by atoms with Gasteiger partial charge >= 0.3 is 0 Å². The third kappa shape index (κ3) is 4.48. The topological polar surface area (TPSA) is 29.3 Å². The molecule has 2 aromatic carbocycles. The van der Waals surface area contributed by atoms with Gasteiger partial charge in [0.1, 0.15) is 0 Å². The Morgan fingerprint density at radius 1 is 0.950 bits per heavy atom. The molecule has 0 unspecified atom stereocenters. The van der Waals surface area contributed by atoms with Crippen LogP contribution in [-0.4, -0.2) is 18.5 Å². The second kappa shape index (κ2) is 7.22. The van der Waals surface area contributed by atoms with Gasteiger partial charge in [-0.1, -0.05) is 54.1 Å². The lowest BCUT2D eigenvalue weighted by molar-refractivity contribution is 0.331. The largest absolute Gasteiger partial charge is 0.326 e. The van der Waals surface area contributed by atoms with E-state index in [9.17, 15) is 0 Å². The maximum absolute atomic E-state index is 5.62. The molecule has 0 fully saturated rings. The Morgan fingerprint density at radius 3 is 2.30 bits per heavy atom. The number of hydrogen-bond donors (Lipinski definition) is 1. The average molecular weight is 268 g/mol. The first-order valence-electron chi connectivity index (χ1n) is 7.19. The van der Waals surface area contributed by atoms with E-state index in [0.29, 0.717) is 6.54 Å². The van der Waals surface area contributed by atoms with E-state index in [-0.39, 0.29) is 0 Å². The summed E-state index contributed by atoms with van der Waals surface area (Å²) in [5.74, 6) is 0. The molecule has 2 N–H and O–H groups in total. The summed E-state index contributed by atoms with van der Waals surface area (Å²) >= 11 is 0. The molecule has 0 saturated heterocycles. The van der Waals surface area contributed by atoms with Crippen molar-refractivity contribution in [3.05, 3.63) is 70.8 Å². The predicted molar refractivity (Wildman–Crippen MR) is 85.6 cm³/mol. The molecule has 0 aromatic heterocycles. The smallest absolute Gasteiger partial charge is 0.0230 e. The molecule has 2 rings (SSSR count). The van der Waals surface area contributed by atoms with E-state index in [1.165, 1.54) is 22.3 Å². The Kier molecular flexibility index (Phi) is 5.33. The number of nitrogens with zero attached hydrogens (tertiary/aromatic N) is 1. The monoisotopic (exact) mass is 268 g/mol. The molecule has 0 atom stereocenters. The second-order valence-corrected chi connectivity index (χ2v) is 5.50. The maximum Gasteiger partial charge on any atom is 0.0230 e. The van der Waals surface area contributed by atoms with Crippen molar-refractivity contribution in [3.63, 3.8) is 0 Å². The van der Waals surface area contributed by atoms with Crippen LogP contribution in [0.1, 0.15) is 22.3 Å². The Bertz CT molecular complexity index is 531. The molecule has 0 aliphatic heterocycles. The first-order chi connectivity index (χ1) is 9.67. The van der Waals surface area contributed by atoms with Crippen LogP contribution in [0.3, 0.4) is 0 Å². The lowest BCUT2D eigenvalue weighted by Crippen LogP contribution is -2.20. The van der Waals surface area contributed by atoms with E-state index in [1.807, 2.05) is 0 Å². The molecule has 2 heteroatoms. The van der Waals surface area contributed by atoms with Crippen LogP contribution in [0.5, 0.6) is 0 Å². The summed E-state index contributed by atoms with van der Waals surface area (Å²) < 4.78 is 0. The van der Waals surface area contributed by atoms with Crippen molar-refractivity contribution in [2.75, 3.05) is 13.6 Å². The Morgan fingerprint density at radius 2 is 1.65 bits per heavy atom. The molecule has 0 heterocycles. The van der Waals surface area contributed by atoms with Gasteiger partial charge in [-0.05, 0) is 37.1 Å². The van der Waals surface area contributed by atoms with Crippen LogP contribution in [0.15, 0.2) is 48.5 Å². The molecule has 0 bridgehead atoms. The van der Waals surface area contributed by atoms with E-state index < -0.39 is 0 Å². The fraction of sp³-hybridized carbons (Fsp3) is 0.333. The minimum atomic E-state index is 0.615. The number of aryl methyl sites for hydroxylation is 1. The van der Waals surface area contributed by atoms with Gasteiger partial charge in [-0.25, -0.2) is 0 Å². The fourth-order valence-corrected chi connectivity index (χ4v) is 2.36. The van der Waals surface area contributed by atoms with Crippen molar-refractivity contribution in [2.24, 2.45) is 5.73 Å². The molecule has 2 nitrogen and oxygen atoms in total. The summed E-state index contributed by atoms with van der Waals surface area (Å²) in [6, 6.07) is 17.3. The first kappa shape index (κ1) is 14.8. The molecular weight excluding hydrogens is 244 g/mol. The van der Waals surface area contributed by atoms with E-state index in [1.54, 1.807) is 0 Å². The van der Waals surface area contributed by atoms with Crippen LogP contribution in [0.2, 0.25) is 0 Å². The predicted octanol–water partition coefficient (Wildman–Crippen LogP) is 3.13. The van der Waals surface area contributed by atoms with Gasteiger partial charge in [-0.15, -0.1) is 0 Å². The van der Waals surface area contributed by atoms with Gasteiger partial charge in [0, 0.05) is 19.6 Å². The first-order valence-corrected chi connectivity index (χ1v) is 7.19. The molecule has 2 aromatic rings. The van der Waals surface area contributed by atoms with Gasteiger partial charge < -0.3 is 10.6 Å². The van der Waals surface area contributed by atoms with Crippen molar-refractivity contribution in [2.45, 2.75) is 26.4 Å². The van der Waals surface area contributed by atoms with Crippen molar-refractivity contribution in [1.82, 2.24) is 4.90 Å². The number of hydrogen-bond acceptors (Lipinski definition) is 2. The van der Waals surface area contributed by atoms with Crippen molar-refractivity contribution >= 4 is 0 Å². The van der Waals surface area contributed by atoms with E-state index in [4.69, 9.17) is 5.73 Å². The summed E-state index contributed by atoms with van der Waals surface area (Å²) in [5, 5.41) is 0. The molecule has 20 heavy (non-hydrogen) atoms. The molecule has 0 amide bonds. The Balaban J connectivity index is 1.84. The highest BCUT2D eigenvalue weighted by atomic mass is 15.1. The zero-order valence-corrected chi connectivity index (χ0v) is 12.5. The van der Waals surface area contributed by atoms with Crippen LogP contribution < -0.4 is 5.73 Å². The quantitative estimate of drug-likeness (QED) is 0.872. The summed E-state index contributed by atoms with van der Waals surface area (Å²) in [6.45, 7) is 4.81. The van der Waals surface area contributed by atoms with Gasteiger partial charge in [-0.2, -0.15) is 0 Å². The molecule has 0 spiro atoms. The number of benzene rings is 2. The average Bonchev–Trinajstić information content (AvgIpc) is 2.46. The summed E-state index contributed by atoms with van der Waals surface area (Å²) in [7, 11) is 2.17. The molecule has 0 radical (unpaired) electrons. The van der Waals surface area contributed by atoms with E-state index >= 15 is 0 Å². The summed E-state index contributed by atoms with van der Waals surface area (Å²) in [5.41, 5.74) is 10.9. The minimum absolute atomic E-state index is 0.615. The third-order valence-electron chi connectivity index (χ3n) is 3.58. The SMILES string of the molecule is Cc1cccc(CCN(C)Cc2ccc(CN)cc2)c1. The lowest BCUT2D eigenvalue weighted by atomic mass is 10.1. The maximum atomic E-state index is 5.62. The van der Waals surface area contributed by atoms with Crippen molar-refractivity contribution in [1.29, 1.82) is 0 Å². The summed E-state index contributed by atoms with van der Waals surface area (Å²) in [4.78, 5) is 2.36. The van der Waals surface area contributed by atoms with Gasteiger partial charge in [0.05, 0.1) is 0 Å². The number of rotatable bonds is 6. The number of likely N-dealkylation sites (N-methyl/N-ethyl adjacent to an activating group) is 1. The standard InChI is InChI=1S/C18H24N2/c1-15-4-3-5-16(12-15)10-11-20(2)14-18-8-6-17(13-19)7-9-18/h3-9,12H,10-11,13-14,19H2,1-2H3. The highest BCUT2D eigenvalue weighted by Crippen LogP contribution is 2.09. The molecule has 0 saturated carbocycles. The van der Waals surface area contributed by atoms with Gasteiger partial charge in [-0.3, -0.25) is 0 Å². The van der Waals surface area contributed by atoms with Crippen molar-refractivity contribution in [3.8, 4) is 0 Å². The zero-order chi connectivity index (χ0) is 14.4. The Labute approximate surface area is 122 Å². The van der Waals surface area contributed by atoms with Gasteiger partial charge in [0.2, 0.25) is 0 Å². The molecule has 0 aliphatic rings. The summed E-state index contributed by atoms with van der Waals surface area (Å²) in [6.07, 6.45) is 1.10. The zero-order valence-electron chi connectivity index (χ0n) is 12.5. The lowest BCUT2D eigenvalue weighted by Gasteiger charge is -2.17. The van der Waals surface area contributed by atoms with Crippen LogP contribution in [0.25, 0.3) is 0 Å². The van der Waals surface area contributed by atoms with Crippen LogP contribution >= 0.6 is 0 Å². The highest BCUT2D eigenvalue weighted by molar-refractivity contribution is 5.23. The molecule has 106 valence electrons. The third-order valence-corrected chi connectivity index (χ3v) is 3.58. The van der Waals surface area contributed by atoms with E-state index in [0.717, 1.165) is 19.5 Å². The van der Waals surface area contributed by atoms with Gasteiger partial charge in [0.15, 0.2) is 0 Å². The van der Waals surface area contributed by atoms with E-state index in [2.05, 4.69) is 67.4 Å². The van der Waals surface area contributed by atoms with Crippen LogP contribution in [0, 0.1) is 6.92 Å². The van der Waals surface area contributed by atoms with Crippen LogP contribution in [-0.2, 0) is 19.5 Å². The van der Waals surface area contributed by atoms with Crippen LogP contribution in [0.4, 0.5) is 0 Å².